The van der Waals surface area contributed by atoms with Crippen LogP contribution in [0.4, 0.5) is 11.6 Å². The fourth-order valence-electron chi connectivity index (χ4n) is 10.0. The third kappa shape index (κ3) is 22.5. The van der Waals surface area contributed by atoms with Crippen LogP contribution >= 0.6 is 26.8 Å². The first-order chi connectivity index (χ1) is 38.7. The third-order valence-electron chi connectivity index (χ3n) is 14.8. The number of rotatable bonds is 24. The van der Waals surface area contributed by atoms with E-state index in [1.807, 2.05) is 6.92 Å². The normalized spacial score (nSPS) is 17.5. The summed E-state index contributed by atoms with van der Waals surface area (Å²) in [5.74, 6) is 0.473. The van der Waals surface area contributed by atoms with Crippen LogP contribution in [0, 0.1) is 17.8 Å². The highest BCUT2D eigenvalue weighted by Crippen LogP contribution is 2.43. The number of fused-ring (bicyclic) bond motifs is 2. The molecule has 25 nitrogen and oxygen atoms in total. The van der Waals surface area contributed by atoms with Crippen LogP contribution in [0.1, 0.15) is 171 Å². The molecule has 4 aromatic rings. The molecular formula is C54H92ClN13O12P2. The minimum absolute atomic E-state index is 0.272. The number of aromatic nitrogens is 8. The van der Waals surface area contributed by atoms with E-state index in [-0.39, 0.29) is 24.0 Å². The van der Waals surface area contributed by atoms with E-state index in [9.17, 15) is 23.5 Å². The molecule has 3 aliphatic rings. The quantitative estimate of drug-likeness (QED) is 0.0113. The van der Waals surface area contributed by atoms with Gasteiger partial charge in [-0.3, -0.25) is 23.5 Å². The van der Waals surface area contributed by atoms with Crippen LogP contribution in [0.25, 0.3) is 22.3 Å². The molecule has 0 spiro atoms. The van der Waals surface area contributed by atoms with Crippen molar-refractivity contribution in [1.29, 1.82) is 0 Å². The van der Waals surface area contributed by atoms with E-state index in [1.165, 1.54) is 83.2 Å². The van der Waals surface area contributed by atoms with Gasteiger partial charge in [-0.1, -0.05) is 77.0 Å². The molecule has 4 aromatic heterocycles. The van der Waals surface area contributed by atoms with Gasteiger partial charge in [0.15, 0.2) is 22.9 Å². The number of nitrogens with zero attached hydrogens (tertiary/aromatic N) is 8. The number of carbonyl (C=O) groups is 3. The third-order valence-corrected chi connectivity index (χ3v) is 18.1. The first kappa shape index (κ1) is 68.4. The van der Waals surface area contributed by atoms with Crippen molar-refractivity contribution in [2.45, 2.75) is 213 Å². The lowest BCUT2D eigenvalue weighted by Gasteiger charge is -2.36. The smallest absolute Gasteiger partial charge is 0.350 e. The van der Waals surface area contributed by atoms with Gasteiger partial charge in [0.05, 0.1) is 57.8 Å². The van der Waals surface area contributed by atoms with E-state index in [4.69, 9.17) is 56.7 Å². The lowest BCUT2D eigenvalue weighted by atomic mass is 10.0. The van der Waals surface area contributed by atoms with Crippen LogP contribution in [-0.4, -0.2) is 128 Å². The van der Waals surface area contributed by atoms with Crippen LogP contribution in [-0.2, 0) is 60.3 Å². The van der Waals surface area contributed by atoms with Crippen LogP contribution in [0.2, 0.25) is 0 Å². The van der Waals surface area contributed by atoms with Gasteiger partial charge in [-0.2, -0.15) is 0 Å². The first-order valence-electron chi connectivity index (χ1n) is 28.9. The molecule has 0 bridgehead atoms. The number of imidazole rings is 2. The van der Waals surface area contributed by atoms with Gasteiger partial charge in [0.2, 0.25) is 7.44 Å². The van der Waals surface area contributed by atoms with Gasteiger partial charge in [-0.05, 0) is 123 Å². The second-order valence-electron chi connectivity index (χ2n) is 23.8. The van der Waals surface area contributed by atoms with Crippen molar-refractivity contribution in [3.05, 3.63) is 25.3 Å². The molecule has 4 heterocycles. The maximum Gasteiger partial charge on any atom is 0.350 e. The molecule has 3 saturated carbocycles. The van der Waals surface area contributed by atoms with E-state index in [2.05, 4.69) is 44.9 Å². The number of anilines is 2. The molecule has 3 aliphatic carbocycles. The first-order valence-corrected chi connectivity index (χ1v) is 33.0. The molecule has 0 aromatic carbocycles. The van der Waals surface area contributed by atoms with Gasteiger partial charge < -0.3 is 54.1 Å². The molecule has 0 unspecified atom stereocenters. The van der Waals surface area contributed by atoms with Gasteiger partial charge in [-0.15, -0.1) is 0 Å². The SMILES string of the molecule is CC(C)(NCl)C(=O)OCC1CCCCCC1.C[C@H](Cn1cnc2c(N)ncnc21)OCP(=O)(NC(C)(C)C(=O)OCC1CCCCCC1)NC(C)(C)C(=O)OCC1CCCCCC1.C[C@H](Cn1cnc2c(N)ncnc21)OCP(=O)(O)O. The van der Waals surface area contributed by atoms with Crippen LogP contribution in [0.5, 0.6) is 0 Å². The lowest BCUT2D eigenvalue weighted by Crippen LogP contribution is -2.54. The molecule has 3 fully saturated rings. The molecule has 82 heavy (non-hydrogen) atoms. The maximum atomic E-state index is 14.7. The van der Waals surface area contributed by atoms with Crippen molar-refractivity contribution in [3.63, 3.8) is 0 Å². The Morgan fingerprint density at radius 2 is 0.902 bits per heavy atom. The highest BCUT2D eigenvalue weighted by molar-refractivity contribution is 7.59. The zero-order chi connectivity index (χ0) is 60.1. The number of ether oxygens (including phenoxy) is 5. The van der Waals surface area contributed by atoms with Crippen molar-refractivity contribution in [2.75, 3.05) is 44.0 Å². The van der Waals surface area contributed by atoms with Crippen LogP contribution in [0.3, 0.4) is 0 Å². The molecule has 9 N–H and O–H groups in total. The average molecular weight is 1210 g/mol. The Hall–Kier alpha value is -4.42. The molecule has 0 aliphatic heterocycles. The largest absolute Gasteiger partial charge is 0.464 e. The second-order valence-corrected chi connectivity index (χ2v) is 27.8. The Morgan fingerprint density at radius 1 is 0.573 bits per heavy atom. The van der Waals surface area contributed by atoms with Crippen molar-refractivity contribution in [1.82, 2.24) is 54.0 Å². The zero-order valence-corrected chi connectivity index (χ0v) is 51.9. The number of esters is 3. The molecule has 28 heteroatoms. The van der Waals surface area contributed by atoms with Gasteiger partial charge >= 0.3 is 25.5 Å². The molecular weight excluding hydrogens is 1120 g/mol. The van der Waals surface area contributed by atoms with E-state index in [1.54, 1.807) is 63.9 Å². The minimum Gasteiger partial charge on any atom is -0.464 e. The number of nitrogens with two attached hydrogens (primary N) is 2. The van der Waals surface area contributed by atoms with Crippen LogP contribution in [0.15, 0.2) is 25.3 Å². The Balaban J connectivity index is 0.000000285. The minimum atomic E-state index is -4.16. The zero-order valence-electron chi connectivity index (χ0n) is 49.4. The van der Waals surface area contributed by atoms with E-state index in [0.29, 0.717) is 73.0 Å². The summed E-state index contributed by atoms with van der Waals surface area (Å²) in [5, 5.41) is 6.05. The van der Waals surface area contributed by atoms with Gasteiger partial charge in [0, 0.05) is 0 Å². The van der Waals surface area contributed by atoms with Crippen molar-refractivity contribution < 1.29 is 57.0 Å². The fourth-order valence-corrected chi connectivity index (χ4v) is 13.2. The summed E-state index contributed by atoms with van der Waals surface area (Å²) in [6, 6.07) is 0. The van der Waals surface area contributed by atoms with E-state index < -0.39 is 62.2 Å². The molecule has 0 radical (unpaired) electrons. The van der Waals surface area contributed by atoms with Crippen molar-refractivity contribution in [3.8, 4) is 0 Å². The van der Waals surface area contributed by atoms with Crippen LogP contribution < -0.4 is 26.5 Å². The number of hydrogen-bond donors (Lipinski definition) is 7. The monoisotopic (exact) mass is 1210 g/mol. The highest BCUT2D eigenvalue weighted by Gasteiger charge is 2.44. The summed E-state index contributed by atoms with van der Waals surface area (Å²) in [6.07, 6.45) is 25.1. The van der Waals surface area contributed by atoms with Gasteiger partial charge in [0.25, 0.3) is 0 Å². The fraction of sp³-hybridized carbons (Fsp3) is 0.759. The van der Waals surface area contributed by atoms with E-state index >= 15 is 0 Å². The van der Waals surface area contributed by atoms with Gasteiger partial charge in [-0.25, -0.2) is 44.9 Å². The Bertz CT molecular complexity index is 2670. The second kappa shape index (κ2) is 32.2. The predicted molar refractivity (Wildman–Crippen MR) is 314 cm³/mol. The summed E-state index contributed by atoms with van der Waals surface area (Å²) < 4.78 is 56.9. The summed E-state index contributed by atoms with van der Waals surface area (Å²) >= 11 is 5.48. The summed E-state index contributed by atoms with van der Waals surface area (Å²) in [5.41, 5.74) is 10.2. The average Bonchev–Trinajstić information content (AvgIpc) is 3.84. The Morgan fingerprint density at radius 3 is 1.23 bits per heavy atom. The molecule has 0 amide bonds. The molecule has 0 saturated heterocycles. The molecule has 462 valence electrons. The number of carbonyl (C=O) groups excluding carboxylic acids is 3. The molecule has 2 atom stereocenters. The summed E-state index contributed by atoms with van der Waals surface area (Å²) in [6.45, 7) is 15.4. The number of nitrogen functional groups attached to an aromatic ring is 2. The Labute approximate surface area is 487 Å². The number of nitrogens with one attached hydrogen (secondary N) is 3. The Kier molecular flexibility index (Phi) is 26.8. The summed E-state index contributed by atoms with van der Waals surface area (Å²) in [4.78, 5) is 82.9. The maximum absolute atomic E-state index is 14.7. The van der Waals surface area contributed by atoms with E-state index in [0.717, 1.165) is 51.4 Å². The summed E-state index contributed by atoms with van der Waals surface area (Å²) in [7, 11) is -7.95. The van der Waals surface area contributed by atoms with Crippen molar-refractivity contribution in [2.24, 2.45) is 17.8 Å². The van der Waals surface area contributed by atoms with Crippen molar-refractivity contribution >= 4 is 78.7 Å². The van der Waals surface area contributed by atoms with Gasteiger partial charge in [0.1, 0.15) is 53.0 Å². The number of hydrogen-bond acceptors (Lipinski definition) is 19. The number of halogens is 1. The predicted octanol–water partition coefficient (Wildman–Crippen LogP) is 8.70. The standard InChI is InChI=1S/C33H56N7O6P.C12H22ClNO2.C9H14N5O4P/c1-24(18-40-22-37-27-28(34)35-21-36-29(27)40)46-23-47(43,38-32(2,3)30(41)44-19-25-14-10-6-7-11-15-25)39-33(4,5)31(42)45-20-26-16-12-8-9-13-17-26;1-12(2,14-13)11(15)16-9-10-7-5-3-4-6-8-10;1-6(18-5-19(15,16)17)2-14-4-13-7-8(10)11-3-12-9(7)14/h21-22,24-26H,6-20,23H2,1-5H3,(H2,34,35,36)(H2,38,39,43);10,14H,3-9H2,1-2H3;3-4,6H,2,5H2,1H3,(H2,10,11,12)(H2,15,16,17)/t24-;;6-/m1.1/s1. The lowest BCUT2D eigenvalue weighted by molar-refractivity contribution is -0.152. The highest BCUT2D eigenvalue weighted by atomic mass is 35.5. The molecule has 7 rings (SSSR count). The topological polar surface area (TPSA) is 347 Å².